The summed E-state index contributed by atoms with van der Waals surface area (Å²) in [4.78, 5) is 2.61. The van der Waals surface area contributed by atoms with Crippen LogP contribution in [0.4, 0.5) is 0 Å². The molecule has 1 fully saturated rings. The minimum absolute atomic E-state index is 1.11. The molecule has 1 nitrogen and oxygen atoms in total. The van der Waals surface area contributed by atoms with Gasteiger partial charge in [0.05, 0.1) is 0 Å². The van der Waals surface area contributed by atoms with Gasteiger partial charge in [0.1, 0.15) is 0 Å². The number of benzene rings is 1. The van der Waals surface area contributed by atoms with Gasteiger partial charge in [0.25, 0.3) is 0 Å². The molecule has 87 valence electrons. The summed E-state index contributed by atoms with van der Waals surface area (Å²) in [6.45, 7) is 7.81. The van der Waals surface area contributed by atoms with Gasteiger partial charge < -0.3 is 4.90 Å². The van der Waals surface area contributed by atoms with Crippen LogP contribution in [-0.4, -0.2) is 24.5 Å². The second-order valence-corrected chi connectivity index (χ2v) is 4.82. The predicted molar refractivity (Wildman–Crippen MR) is 69.5 cm³/mol. The summed E-state index contributed by atoms with van der Waals surface area (Å²) in [7, 11) is 0. The molecule has 1 heteroatoms. The molecular formula is C15H22N. The number of aryl methyl sites for hydroxylation is 1. The molecule has 0 amide bonds. The molecule has 0 spiro atoms. The van der Waals surface area contributed by atoms with Crippen LogP contribution in [-0.2, 0) is 6.42 Å². The average molecular weight is 216 g/mol. The van der Waals surface area contributed by atoms with Crippen LogP contribution >= 0.6 is 0 Å². The molecule has 0 atom stereocenters. The second-order valence-electron chi connectivity index (χ2n) is 4.82. The Morgan fingerprint density at radius 2 is 1.69 bits per heavy atom. The van der Waals surface area contributed by atoms with E-state index in [0.717, 1.165) is 5.56 Å². The number of piperidine rings is 1. The minimum atomic E-state index is 1.11. The fourth-order valence-electron chi connectivity index (χ4n) is 2.40. The first-order valence-corrected chi connectivity index (χ1v) is 6.48. The van der Waals surface area contributed by atoms with Crippen molar-refractivity contribution in [2.45, 2.75) is 32.1 Å². The third-order valence-corrected chi connectivity index (χ3v) is 3.41. The van der Waals surface area contributed by atoms with E-state index in [1.807, 2.05) is 0 Å². The highest BCUT2D eigenvalue weighted by atomic mass is 15.1. The molecule has 2 rings (SSSR count). The normalized spacial score (nSPS) is 17.6. The van der Waals surface area contributed by atoms with Crippen molar-refractivity contribution in [2.75, 3.05) is 19.6 Å². The van der Waals surface area contributed by atoms with Crippen LogP contribution in [0.25, 0.3) is 0 Å². The van der Waals surface area contributed by atoms with Crippen molar-refractivity contribution in [2.24, 2.45) is 0 Å². The zero-order valence-electron chi connectivity index (χ0n) is 10.1. The van der Waals surface area contributed by atoms with Crippen LogP contribution in [0.15, 0.2) is 24.3 Å². The quantitative estimate of drug-likeness (QED) is 0.746. The molecule has 1 radical (unpaired) electrons. The van der Waals surface area contributed by atoms with E-state index >= 15 is 0 Å². The van der Waals surface area contributed by atoms with Crippen molar-refractivity contribution in [3.8, 4) is 0 Å². The SMILES string of the molecule is [CH2]c1ccc(CCCN2CCCCC2)cc1. The lowest BCUT2D eigenvalue weighted by Gasteiger charge is -2.26. The molecular weight excluding hydrogens is 194 g/mol. The van der Waals surface area contributed by atoms with Crippen LogP contribution in [0.2, 0.25) is 0 Å². The Bertz CT molecular complexity index is 296. The predicted octanol–water partition coefficient (Wildman–Crippen LogP) is 3.29. The van der Waals surface area contributed by atoms with Crippen LogP contribution in [0.1, 0.15) is 36.8 Å². The van der Waals surface area contributed by atoms with Gasteiger partial charge in [-0.3, -0.25) is 0 Å². The van der Waals surface area contributed by atoms with E-state index in [2.05, 4.69) is 36.1 Å². The molecule has 1 aliphatic rings. The molecule has 0 bridgehead atoms. The fourth-order valence-corrected chi connectivity index (χ4v) is 2.40. The first kappa shape index (κ1) is 11.7. The van der Waals surface area contributed by atoms with Gasteiger partial charge in [-0.2, -0.15) is 0 Å². The van der Waals surface area contributed by atoms with Crippen LogP contribution in [0.5, 0.6) is 0 Å². The Balaban J connectivity index is 1.69. The second kappa shape index (κ2) is 6.05. The monoisotopic (exact) mass is 216 g/mol. The van der Waals surface area contributed by atoms with Crippen molar-refractivity contribution in [1.29, 1.82) is 0 Å². The average Bonchev–Trinajstić information content (AvgIpc) is 2.33. The molecule has 1 aromatic carbocycles. The van der Waals surface area contributed by atoms with E-state index < -0.39 is 0 Å². The van der Waals surface area contributed by atoms with E-state index in [1.165, 1.54) is 57.3 Å². The van der Waals surface area contributed by atoms with Crippen molar-refractivity contribution in [3.63, 3.8) is 0 Å². The summed E-state index contributed by atoms with van der Waals surface area (Å²) in [5, 5.41) is 0. The van der Waals surface area contributed by atoms with Crippen molar-refractivity contribution >= 4 is 0 Å². The fraction of sp³-hybridized carbons (Fsp3) is 0.533. The Morgan fingerprint density at radius 3 is 2.38 bits per heavy atom. The maximum Gasteiger partial charge on any atom is -0.00156 e. The molecule has 0 aromatic heterocycles. The third kappa shape index (κ3) is 3.64. The molecule has 0 N–H and O–H groups in total. The zero-order valence-corrected chi connectivity index (χ0v) is 10.1. The smallest absolute Gasteiger partial charge is 0.00156 e. The highest BCUT2D eigenvalue weighted by Gasteiger charge is 2.08. The minimum Gasteiger partial charge on any atom is -0.303 e. The standard InChI is InChI=1S/C15H22N/c1-14-7-9-15(10-8-14)6-5-13-16-11-3-2-4-12-16/h7-10H,1-6,11-13H2. The van der Waals surface area contributed by atoms with Gasteiger partial charge >= 0.3 is 0 Å². The molecule has 1 heterocycles. The van der Waals surface area contributed by atoms with Crippen LogP contribution in [0.3, 0.4) is 0 Å². The summed E-state index contributed by atoms with van der Waals surface area (Å²) in [6, 6.07) is 8.63. The van der Waals surface area contributed by atoms with Crippen LogP contribution in [0, 0.1) is 6.92 Å². The van der Waals surface area contributed by atoms with Gasteiger partial charge in [0, 0.05) is 0 Å². The van der Waals surface area contributed by atoms with E-state index in [4.69, 9.17) is 0 Å². The Morgan fingerprint density at radius 1 is 1.00 bits per heavy atom. The van der Waals surface area contributed by atoms with Gasteiger partial charge in [0.15, 0.2) is 0 Å². The lowest BCUT2D eigenvalue weighted by Crippen LogP contribution is -2.30. The lowest BCUT2D eigenvalue weighted by atomic mass is 10.1. The van der Waals surface area contributed by atoms with Gasteiger partial charge in [-0.05, 0) is 63.4 Å². The highest BCUT2D eigenvalue weighted by Crippen LogP contribution is 2.11. The number of hydrogen-bond donors (Lipinski definition) is 0. The maximum absolute atomic E-state index is 3.91. The summed E-state index contributed by atoms with van der Waals surface area (Å²) < 4.78 is 0. The lowest BCUT2D eigenvalue weighted by molar-refractivity contribution is 0.226. The summed E-state index contributed by atoms with van der Waals surface area (Å²) in [6.07, 6.45) is 6.72. The molecule has 1 aromatic rings. The van der Waals surface area contributed by atoms with Gasteiger partial charge in [-0.1, -0.05) is 30.7 Å². The van der Waals surface area contributed by atoms with E-state index in [9.17, 15) is 0 Å². The first-order chi connectivity index (χ1) is 7.84. The Hall–Kier alpha value is -0.820. The van der Waals surface area contributed by atoms with Crippen molar-refractivity contribution in [3.05, 3.63) is 42.3 Å². The Kier molecular flexibility index (Phi) is 4.41. The van der Waals surface area contributed by atoms with E-state index in [-0.39, 0.29) is 0 Å². The van der Waals surface area contributed by atoms with Gasteiger partial charge in [0.2, 0.25) is 0 Å². The molecule has 1 aliphatic heterocycles. The van der Waals surface area contributed by atoms with Crippen molar-refractivity contribution in [1.82, 2.24) is 4.90 Å². The highest BCUT2D eigenvalue weighted by molar-refractivity contribution is 5.24. The van der Waals surface area contributed by atoms with E-state index in [0.29, 0.717) is 0 Å². The zero-order chi connectivity index (χ0) is 11.2. The molecule has 0 saturated carbocycles. The van der Waals surface area contributed by atoms with Crippen LogP contribution < -0.4 is 0 Å². The summed E-state index contributed by atoms with van der Waals surface area (Å²) >= 11 is 0. The molecule has 16 heavy (non-hydrogen) atoms. The molecule has 1 saturated heterocycles. The maximum atomic E-state index is 3.91. The number of rotatable bonds is 4. The topological polar surface area (TPSA) is 3.24 Å². The summed E-state index contributed by atoms with van der Waals surface area (Å²) in [5.41, 5.74) is 2.56. The number of hydrogen-bond acceptors (Lipinski definition) is 1. The largest absolute Gasteiger partial charge is 0.303 e. The molecule has 0 aliphatic carbocycles. The van der Waals surface area contributed by atoms with Gasteiger partial charge in [-0.25, -0.2) is 0 Å². The van der Waals surface area contributed by atoms with Crippen molar-refractivity contribution < 1.29 is 0 Å². The number of likely N-dealkylation sites (tertiary alicyclic amines) is 1. The van der Waals surface area contributed by atoms with Gasteiger partial charge in [-0.15, -0.1) is 0 Å². The first-order valence-electron chi connectivity index (χ1n) is 6.48. The van der Waals surface area contributed by atoms with E-state index in [1.54, 1.807) is 0 Å². The third-order valence-electron chi connectivity index (χ3n) is 3.41. The summed E-state index contributed by atoms with van der Waals surface area (Å²) in [5.74, 6) is 0. The molecule has 0 unspecified atom stereocenters. The Labute approximate surface area is 99.5 Å². The number of nitrogens with zero attached hydrogens (tertiary/aromatic N) is 1.